The molecule has 2 rings (SSSR count). The van der Waals surface area contributed by atoms with Crippen molar-refractivity contribution in [2.75, 3.05) is 11.9 Å². The highest BCUT2D eigenvalue weighted by atomic mass is 79.9. The molecular weight excluding hydrogens is 402 g/mol. The molecule has 0 aliphatic heterocycles. The van der Waals surface area contributed by atoms with Crippen LogP contribution >= 0.6 is 31.9 Å². The molecule has 0 aliphatic carbocycles. The maximum Gasteiger partial charge on any atom is 0.263 e. The number of aromatic amines is 1. The fourth-order valence-electron chi connectivity index (χ4n) is 1.74. The quantitative estimate of drug-likeness (QED) is 0.750. The van der Waals surface area contributed by atoms with E-state index in [1.54, 1.807) is 6.07 Å². The Hall–Kier alpha value is -1.34. The molecular formula is C14H15Br2N3O2. The fourth-order valence-corrected chi connectivity index (χ4v) is 2.90. The van der Waals surface area contributed by atoms with Crippen LogP contribution in [0.25, 0.3) is 0 Å². The zero-order valence-electron chi connectivity index (χ0n) is 11.5. The van der Waals surface area contributed by atoms with Crippen molar-refractivity contribution in [2.24, 2.45) is 0 Å². The first-order valence-electron chi connectivity index (χ1n) is 6.50. The van der Waals surface area contributed by atoms with E-state index in [2.05, 4.69) is 54.3 Å². The minimum absolute atomic E-state index is 0.0732. The lowest BCUT2D eigenvalue weighted by Gasteiger charge is -2.08. The summed E-state index contributed by atoms with van der Waals surface area (Å²) in [6.07, 6.45) is 1.93. The topological polar surface area (TPSA) is 67.0 Å². The summed E-state index contributed by atoms with van der Waals surface area (Å²) < 4.78 is 7.19. The molecule has 0 saturated heterocycles. The Balaban J connectivity index is 1.86. The van der Waals surface area contributed by atoms with Crippen LogP contribution in [0.1, 0.15) is 19.0 Å². The van der Waals surface area contributed by atoms with Gasteiger partial charge in [0.05, 0.1) is 4.47 Å². The van der Waals surface area contributed by atoms with Crippen molar-refractivity contribution >= 4 is 43.6 Å². The number of hydrogen-bond donors (Lipinski definition) is 2. The van der Waals surface area contributed by atoms with Crippen LogP contribution in [0.4, 0.5) is 5.82 Å². The maximum absolute atomic E-state index is 11.8. The highest BCUT2D eigenvalue weighted by Crippen LogP contribution is 2.28. The number of H-pyrrole nitrogens is 1. The van der Waals surface area contributed by atoms with Crippen molar-refractivity contribution < 1.29 is 9.53 Å². The third-order valence-corrected chi connectivity index (χ3v) is 3.78. The van der Waals surface area contributed by atoms with Crippen molar-refractivity contribution in [3.63, 3.8) is 0 Å². The third kappa shape index (κ3) is 4.86. The minimum Gasteiger partial charge on any atom is -0.483 e. The van der Waals surface area contributed by atoms with E-state index in [1.165, 1.54) is 0 Å². The molecule has 1 heterocycles. The lowest BCUT2D eigenvalue weighted by Crippen LogP contribution is -2.20. The Morgan fingerprint density at radius 2 is 2.19 bits per heavy atom. The third-order valence-electron chi connectivity index (χ3n) is 2.67. The van der Waals surface area contributed by atoms with Crippen LogP contribution in [0.3, 0.4) is 0 Å². The summed E-state index contributed by atoms with van der Waals surface area (Å²) in [5.41, 5.74) is 1.00. The zero-order valence-corrected chi connectivity index (χ0v) is 14.6. The van der Waals surface area contributed by atoms with Gasteiger partial charge in [-0.05, 0) is 40.5 Å². The number of aryl methyl sites for hydroxylation is 1. The number of halogens is 2. The van der Waals surface area contributed by atoms with Crippen molar-refractivity contribution in [3.8, 4) is 5.75 Å². The van der Waals surface area contributed by atoms with Gasteiger partial charge >= 0.3 is 0 Å². The summed E-state index contributed by atoms with van der Waals surface area (Å²) in [6.45, 7) is 2.01. The second kappa shape index (κ2) is 7.61. The second-order valence-electron chi connectivity index (χ2n) is 4.44. The average molecular weight is 417 g/mol. The van der Waals surface area contributed by atoms with E-state index in [1.807, 2.05) is 18.2 Å². The predicted octanol–water partition coefficient (Wildman–Crippen LogP) is 3.90. The molecule has 2 aromatic rings. The maximum atomic E-state index is 11.8. The van der Waals surface area contributed by atoms with Crippen molar-refractivity contribution in [2.45, 2.75) is 19.8 Å². The number of aromatic nitrogens is 2. The molecule has 0 spiro atoms. The van der Waals surface area contributed by atoms with Crippen molar-refractivity contribution in [3.05, 3.63) is 38.9 Å². The van der Waals surface area contributed by atoms with Gasteiger partial charge in [0.1, 0.15) is 5.75 Å². The Morgan fingerprint density at radius 1 is 1.38 bits per heavy atom. The van der Waals surface area contributed by atoms with Gasteiger partial charge in [0.2, 0.25) is 0 Å². The number of hydrogen-bond acceptors (Lipinski definition) is 3. The van der Waals surface area contributed by atoms with Crippen LogP contribution in [0.15, 0.2) is 33.2 Å². The summed E-state index contributed by atoms with van der Waals surface area (Å²) in [7, 11) is 0. The van der Waals surface area contributed by atoms with E-state index in [4.69, 9.17) is 4.74 Å². The van der Waals surface area contributed by atoms with Crippen LogP contribution in [-0.4, -0.2) is 22.7 Å². The Labute approximate surface area is 139 Å². The SMILES string of the molecule is CCCc1cc(NC(=O)COc2ccc(Br)cc2Br)n[nH]1. The number of anilines is 1. The van der Waals surface area contributed by atoms with E-state index in [9.17, 15) is 4.79 Å². The van der Waals surface area contributed by atoms with E-state index >= 15 is 0 Å². The summed E-state index contributed by atoms with van der Waals surface area (Å²) in [5, 5.41) is 9.60. The highest BCUT2D eigenvalue weighted by Gasteiger charge is 2.08. The van der Waals surface area contributed by atoms with Gasteiger partial charge in [0.25, 0.3) is 5.91 Å². The van der Waals surface area contributed by atoms with Crippen molar-refractivity contribution in [1.29, 1.82) is 0 Å². The average Bonchev–Trinajstić information content (AvgIpc) is 2.85. The van der Waals surface area contributed by atoms with Crippen LogP contribution < -0.4 is 10.1 Å². The largest absolute Gasteiger partial charge is 0.483 e. The molecule has 0 saturated carbocycles. The smallest absolute Gasteiger partial charge is 0.263 e. The monoisotopic (exact) mass is 415 g/mol. The van der Waals surface area contributed by atoms with Crippen molar-refractivity contribution in [1.82, 2.24) is 10.2 Å². The van der Waals surface area contributed by atoms with Gasteiger partial charge in [-0.15, -0.1) is 0 Å². The number of rotatable bonds is 6. The van der Waals surface area contributed by atoms with E-state index in [0.717, 1.165) is 27.5 Å². The predicted molar refractivity (Wildman–Crippen MR) is 88.5 cm³/mol. The van der Waals surface area contributed by atoms with Gasteiger partial charge < -0.3 is 10.1 Å². The number of carbonyl (C=O) groups is 1. The minimum atomic E-state index is -0.251. The zero-order chi connectivity index (χ0) is 15.2. The van der Waals surface area contributed by atoms with Gasteiger partial charge in [-0.3, -0.25) is 9.89 Å². The van der Waals surface area contributed by atoms with E-state index < -0.39 is 0 Å². The van der Waals surface area contributed by atoms with Gasteiger partial charge in [-0.1, -0.05) is 29.3 Å². The first kappa shape index (κ1) is 16.0. The van der Waals surface area contributed by atoms with Gasteiger partial charge in [-0.25, -0.2) is 0 Å². The molecule has 0 aliphatic rings. The standard InChI is InChI=1S/C14H15Br2N3O2/c1-2-3-10-7-13(19-18-10)17-14(20)8-21-12-5-4-9(15)6-11(12)16/h4-7H,2-3,8H2,1H3,(H2,17,18,19,20). The highest BCUT2D eigenvalue weighted by molar-refractivity contribution is 9.11. The molecule has 0 radical (unpaired) electrons. The molecule has 7 heteroatoms. The number of amides is 1. The molecule has 1 amide bonds. The first-order valence-corrected chi connectivity index (χ1v) is 8.09. The molecule has 1 aromatic heterocycles. The molecule has 0 fully saturated rings. The lowest BCUT2D eigenvalue weighted by atomic mass is 10.2. The van der Waals surface area contributed by atoms with Crippen LogP contribution in [0.5, 0.6) is 5.75 Å². The Kier molecular flexibility index (Phi) is 5.81. The van der Waals surface area contributed by atoms with Crippen LogP contribution in [0.2, 0.25) is 0 Å². The number of benzene rings is 1. The lowest BCUT2D eigenvalue weighted by molar-refractivity contribution is -0.118. The Morgan fingerprint density at radius 3 is 2.90 bits per heavy atom. The van der Waals surface area contributed by atoms with Crippen LogP contribution in [0, 0.1) is 0 Å². The molecule has 0 unspecified atom stereocenters. The molecule has 2 N–H and O–H groups in total. The number of carbonyl (C=O) groups excluding carboxylic acids is 1. The Bertz CT molecular complexity index is 628. The van der Waals surface area contributed by atoms with Gasteiger partial charge in [0.15, 0.2) is 12.4 Å². The molecule has 5 nitrogen and oxygen atoms in total. The molecule has 112 valence electrons. The van der Waals surface area contributed by atoms with E-state index in [0.29, 0.717) is 11.6 Å². The number of nitrogens with one attached hydrogen (secondary N) is 2. The van der Waals surface area contributed by atoms with Crippen LogP contribution in [-0.2, 0) is 11.2 Å². The number of nitrogens with zero attached hydrogens (tertiary/aromatic N) is 1. The summed E-state index contributed by atoms with van der Waals surface area (Å²) in [5.74, 6) is 0.878. The summed E-state index contributed by atoms with van der Waals surface area (Å²) in [6, 6.07) is 7.33. The molecule has 1 aromatic carbocycles. The second-order valence-corrected chi connectivity index (χ2v) is 6.21. The molecule has 0 atom stereocenters. The molecule has 0 bridgehead atoms. The summed E-state index contributed by atoms with van der Waals surface area (Å²) >= 11 is 6.74. The summed E-state index contributed by atoms with van der Waals surface area (Å²) in [4.78, 5) is 11.8. The van der Waals surface area contributed by atoms with Gasteiger partial charge in [0, 0.05) is 16.2 Å². The molecule has 21 heavy (non-hydrogen) atoms. The number of ether oxygens (including phenoxy) is 1. The fraction of sp³-hybridized carbons (Fsp3) is 0.286. The first-order chi connectivity index (χ1) is 10.1. The van der Waals surface area contributed by atoms with E-state index in [-0.39, 0.29) is 12.5 Å². The normalized spacial score (nSPS) is 10.4. The van der Waals surface area contributed by atoms with Gasteiger partial charge in [-0.2, -0.15) is 5.10 Å².